The first kappa shape index (κ1) is 62.7. The van der Waals surface area contributed by atoms with E-state index in [0.717, 1.165) is 19.3 Å². The summed E-state index contributed by atoms with van der Waals surface area (Å²) in [7, 11) is 0. The predicted octanol–water partition coefficient (Wildman–Crippen LogP) is 14.2. The minimum absolute atomic E-state index is 0.0144. The van der Waals surface area contributed by atoms with Gasteiger partial charge in [0.25, 0.3) is 5.69 Å². The summed E-state index contributed by atoms with van der Waals surface area (Å²) in [5.74, 6) is 0.0295. The quantitative estimate of drug-likeness (QED) is 0.0403. The Morgan fingerprint density at radius 1 is 0.418 bits per heavy atom. The predicted molar refractivity (Wildman–Crippen MR) is 234 cm³/mol. The highest BCUT2D eigenvalue weighted by molar-refractivity contribution is 7.20. The van der Waals surface area contributed by atoms with Crippen LogP contribution in [0.4, 0.5) is 105 Å². The SMILES string of the molecule is CCCCCC(=O)c1cncc[n+]1CC(=O)c1ccccc1.FC(F)(F)c1cc([B-](c2cc(C(F)(F)F)cc(C(F)(F)F)c2)(c2cc(C(F)(F)F)cc(C(F)(F)F)c2)c2cc(C(F)(F)F)cc(C(F)(F)F)c2)cc(C(F)(F)F)c1. The lowest BCUT2D eigenvalue weighted by atomic mass is 9.12. The van der Waals surface area contributed by atoms with Crippen molar-refractivity contribution in [1.82, 2.24) is 4.98 Å². The highest BCUT2D eigenvalue weighted by atomic mass is 19.4. The maximum atomic E-state index is 14.2. The number of ketones is 2. The third-order valence-electron chi connectivity index (χ3n) is 12.0. The molecule has 0 aliphatic rings. The molecule has 0 amide bonds. The zero-order valence-electron chi connectivity index (χ0n) is 39.4. The lowest BCUT2D eigenvalue weighted by Gasteiger charge is -2.46. The van der Waals surface area contributed by atoms with Gasteiger partial charge in [-0.1, -0.05) is 98.6 Å². The molecule has 1 aromatic heterocycles. The van der Waals surface area contributed by atoms with Crippen LogP contribution in [-0.4, -0.2) is 22.7 Å². The Kier molecular flexibility index (Phi) is 17.9. The second-order valence-corrected chi connectivity index (χ2v) is 17.5. The van der Waals surface area contributed by atoms with E-state index in [9.17, 15) is 115 Å². The molecule has 0 saturated carbocycles. The largest absolute Gasteiger partial charge is 0.416 e. The molecule has 6 rings (SSSR count). The number of hydrogen-bond acceptors (Lipinski definition) is 3. The van der Waals surface area contributed by atoms with Crippen molar-refractivity contribution in [2.24, 2.45) is 0 Å². The standard InChI is InChI=1S/C32H12BF24.C18H21N2O2/c34-25(35,36)13-1-14(26(37,38)39)6-21(5-13)33(22-7-15(27(40,41)42)2-16(8-22)28(43,44)45,23-9-17(29(46,47)48)3-18(10-23)30(49,50)51)24-11-19(31(52,53)54)4-20(12-24)32(55,56)57;1-2-3-5-10-17(21)16-13-19-11-12-20(16)14-18(22)15-8-6-4-7-9-15/h1-12H;4,6-9,11-13H,2-3,5,10,14H2,1H3/q-1;+1. The van der Waals surface area contributed by atoms with E-state index in [2.05, 4.69) is 11.9 Å². The zero-order chi connectivity index (χ0) is 59.7. The first-order valence-corrected chi connectivity index (χ1v) is 22.3. The number of nitrogens with zero attached hydrogens (tertiary/aromatic N) is 2. The highest BCUT2D eigenvalue weighted by Gasteiger charge is 2.47. The molecule has 0 fully saturated rings. The van der Waals surface area contributed by atoms with Crippen LogP contribution < -0.4 is 26.4 Å². The van der Waals surface area contributed by atoms with E-state index in [1.165, 1.54) is 0 Å². The number of hydrogen-bond donors (Lipinski definition) is 0. The van der Waals surface area contributed by atoms with Crippen LogP contribution in [0.15, 0.2) is 122 Å². The van der Waals surface area contributed by atoms with Crippen LogP contribution in [0.1, 0.15) is 98.0 Å². The maximum absolute atomic E-state index is 14.2. The Labute approximate surface area is 429 Å². The van der Waals surface area contributed by atoms with Crippen molar-refractivity contribution < 1.29 is 120 Å². The Balaban J connectivity index is 0.000000433. The van der Waals surface area contributed by atoms with Gasteiger partial charge in [0.1, 0.15) is 12.3 Å². The minimum atomic E-state index is -6.13. The molecule has 29 heteroatoms. The Bertz CT molecular complexity index is 2710. The van der Waals surface area contributed by atoms with Crippen molar-refractivity contribution in [2.75, 3.05) is 0 Å². The van der Waals surface area contributed by atoms with Crippen LogP contribution in [0.3, 0.4) is 0 Å². The number of Topliss-reactive ketones (excluding diaryl/α,β-unsaturated/α-hetero) is 2. The van der Waals surface area contributed by atoms with Crippen LogP contribution >= 0.6 is 0 Å². The van der Waals surface area contributed by atoms with Crippen molar-refractivity contribution >= 4 is 39.6 Å². The smallest absolute Gasteiger partial charge is 0.287 e. The number of alkyl halides is 24. The van der Waals surface area contributed by atoms with Crippen molar-refractivity contribution in [2.45, 2.75) is 88.6 Å². The number of carbonyl (C=O) groups is 2. The number of benzene rings is 5. The normalized spacial score (nSPS) is 13.2. The zero-order valence-corrected chi connectivity index (χ0v) is 39.4. The Hall–Kier alpha value is -7.10. The van der Waals surface area contributed by atoms with Crippen LogP contribution in [0.5, 0.6) is 0 Å². The maximum Gasteiger partial charge on any atom is 0.416 e. The molecule has 79 heavy (non-hydrogen) atoms. The van der Waals surface area contributed by atoms with Crippen molar-refractivity contribution in [3.63, 3.8) is 0 Å². The molecule has 6 aromatic rings. The van der Waals surface area contributed by atoms with Gasteiger partial charge in [0.05, 0.1) is 50.7 Å². The van der Waals surface area contributed by atoms with Gasteiger partial charge in [0, 0.05) is 12.0 Å². The first-order chi connectivity index (χ1) is 36.0. The summed E-state index contributed by atoms with van der Waals surface area (Å²) >= 11 is 0. The molecule has 4 nitrogen and oxygen atoms in total. The van der Waals surface area contributed by atoms with E-state index in [4.69, 9.17) is 0 Å². The number of halogens is 24. The van der Waals surface area contributed by atoms with Gasteiger partial charge in [-0.05, 0) is 30.7 Å². The van der Waals surface area contributed by atoms with Crippen molar-refractivity contribution in [3.8, 4) is 0 Å². The number of carbonyl (C=O) groups excluding carboxylic acids is 2. The molecule has 0 radical (unpaired) electrons. The summed E-state index contributed by atoms with van der Waals surface area (Å²) in [6.45, 7) is 2.26. The molecule has 5 aromatic carbocycles. The van der Waals surface area contributed by atoms with E-state index in [-0.39, 0.29) is 18.1 Å². The number of aromatic nitrogens is 2. The molecule has 0 spiro atoms. The van der Waals surface area contributed by atoms with E-state index >= 15 is 0 Å². The average Bonchev–Trinajstić information content (AvgIpc) is 3.48. The molecular weight excluding hydrogens is 1130 g/mol. The molecule has 0 N–H and O–H groups in total. The lowest BCUT2D eigenvalue weighted by Crippen LogP contribution is -2.75. The van der Waals surface area contributed by atoms with Crippen LogP contribution in [-0.2, 0) is 56.0 Å². The lowest BCUT2D eigenvalue weighted by molar-refractivity contribution is -0.685. The molecule has 1 heterocycles. The second-order valence-electron chi connectivity index (χ2n) is 17.5. The van der Waals surface area contributed by atoms with Gasteiger partial charge in [-0.2, -0.15) is 132 Å². The van der Waals surface area contributed by atoms with Gasteiger partial charge < -0.3 is 0 Å². The first-order valence-electron chi connectivity index (χ1n) is 22.3. The minimum Gasteiger partial charge on any atom is -0.287 e. The number of unbranched alkanes of at least 4 members (excludes halogenated alkanes) is 2. The highest BCUT2D eigenvalue weighted by Crippen LogP contribution is 2.41. The Morgan fingerprint density at radius 2 is 0.709 bits per heavy atom. The van der Waals surface area contributed by atoms with Crippen LogP contribution in [0.25, 0.3) is 0 Å². The topological polar surface area (TPSA) is 50.9 Å². The molecule has 0 aliphatic heterocycles. The summed E-state index contributed by atoms with van der Waals surface area (Å²) in [4.78, 5) is 28.6. The third-order valence-corrected chi connectivity index (χ3v) is 12.0. The van der Waals surface area contributed by atoms with Gasteiger partial charge >= 0.3 is 49.4 Å². The summed E-state index contributed by atoms with van der Waals surface area (Å²) < 4.78 is 343. The van der Waals surface area contributed by atoms with Gasteiger partial charge in [0.15, 0.2) is 6.20 Å². The fraction of sp³-hybridized carbons (Fsp3) is 0.280. The summed E-state index contributed by atoms with van der Waals surface area (Å²) in [5.41, 5.74) is -29.1. The monoisotopic (exact) mass is 1160 g/mol. The molecule has 426 valence electrons. The molecule has 0 bridgehead atoms. The van der Waals surface area contributed by atoms with E-state index in [1.807, 2.05) is 18.2 Å². The fourth-order valence-electron chi connectivity index (χ4n) is 8.36. The van der Waals surface area contributed by atoms with E-state index in [1.54, 1.807) is 35.3 Å². The molecular formula is C50H33BF24N2O2. The van der Waals surface area contributed by atoms with Crippen molar-refractivity contribution in [3.05, 3.63) is 177 Å². The van der Waals surface area contributed by atoms with E-state index < -0.39 is 195 Å². The van der Waals surface area contributed by atoms with Crippen LogP contribution in [0, 0.1) is 0 Å². The molecule has 0 atom stereocenters. The van der Waals surface area contributed by atoms with Gasteiger partial charge in [-0.15, -0.1) is 0 Å². The third kappa shape index (κ3) is 15.2. The average molecular weight is 1160 g/mol. The fourth-order valence-corrected chi connectivity index (χ4v) is 8.36. The molecule has 0 aliphatic carbocycles. The second kappa shape index (κ2) is 22.6. The van der Waals surface area contributed by atoms with Gasteiger partial charge in [-0.25, -0.2) is 0 Å². The molecule has 0 unspecified atom stereocenters. The van der Waals surface area contributed by atoms with Crippen molar-refractivity contribution in [1.29, 1.82) is 0 Å². The molecule has 0 saturated heterocycles. The summed E-state index contributed by atoms with van der Waals surface area (Å²) in [5, 5.41) is 0. The van der Waals surface area contributed by atoms with E-state index in [0.29, 0.717) is 17.7 Å². The van der Waals surface area contributed by atoms with Gasteiger partial charge in [0.2, 0.25) is 18.1 Å². The van der Waals surface area contributed by atoms with Crippen LogP contribution in [0.2, 0.25) is 0 Å². The summed E-state index contributed by atoms with van der Waals surface area (Å²) in [6.07, 6.45) is -46.5. The Morgan fingerprint density at radius 3 is 0.975 bits per heavy atom. The van der Waals surface area contributed by atoms with Gasteiger partial charge in [-0.3, -0.25) is 14.6 Å². The number of rotatable bonds is 12. The summed E-state index contributed by atoms with van der Waals surface area (Å²) in [6, 6.07) is 0.302.